The van der Waals surface area contributed by atoms with Gasteiger partial charge in [-0.1, -0.05) is 49.4 Å². The van der Waals surface area contributed by atoms with Crippen LogP contribution in [0.25, 0.3) is 10.8 Å². The molecule has 104 valence electrons. The zero-order valence-corrected chi connectivity index (χ0v) is 11.9. The summed E-state index contributed by atoms with van der Waals surface area (Å²) in [5.74, 6) is 0.812. The van der Waals surface area contributed by atoms with Crippen LogP contribution in [0.1, 0.15) is 31.7 Å². The lowest BCUT2D eigenvalue weighted by molar-refractivity contribution is -0.119. The molecule has 2 heteroatoms. The van der Waals surface area contributed by atoms with Crippen molar-refractivity contribution in [3.63, 3.8) is 0 Å². The van der Waals surface area contributed by atoms with Crippen LogP contribution in [0.15, 0.2) is 42.5 Å². The Labute approximate surface area is 120 Å². The van der Waals surface area contributed by atoms with Crippen LogP contribution in [0, 0.1) is 5.92 Å². The quantitative estimate of drug-likeness (QED) is 0.899. The highest BCUT2D eigenvalue weighted by molar-refractivity contribution is 5.83. The minimum atomic E-state index is 0.216. The summed E-state index contributed by atoms with van der Waals surface area (Å²) in [5.41, 5.74) is 1.39. The molecule has 1 aliphatic heterocycles. The largest absolute Gasteiger partial charge is 0.353 e. The summed E-state index contributed by atoms with van der Waals surface area (Å²) in [6.45, 7) is 2.28. The molecule has 1 saturated heterocycles. The van der Waals surface area contributed by atoms with Crippen molar-refractivity contribution in [1.29, 1.82) is 0 Å². The number of nitrogens with one attached hydrogen (secondary N) is 1. The molecule has 2 nitrogen and oxygen atoms in total. The highest BCUT2D eigenvalue weighted by atomic mass is 16.1. The van der Waals surface area contributed by atoms with E-state index in [1.165, 1.54) is 16.3 Å². The maximum Gasteiger partial charge on any atom is 0.220 e. The molecule has 2 aromatic carbocycles. The number of carbonyl (C=O) groups is 1. The standard InChI is InChI=1S/C18H21NO/c1-13(11-17-8-9-18(20)19-17)10-14-6-7-15-4-2-3-5-16(15)12-14/h2-7,12-13,17H,8-11H2,1H3,(H,19,20). The topological polar surface area (TPSA) is 29.1 Å². The molecule has 1 heterocycles. The molecule has 1 amide bonds. The second-order valence-corrected chi connectivity index (χ2v) is 6.03. The lowest BCUT2D eigenvalue weighted by Crippen LogP contribution is -2.27. The van der Waals surface area contributed by atoms with Crippen LogP contribution >= 0.6 is 0 Å². The molecular formula is C18H21NO. The van der Waals surface area contributed by atoms with E-state index in [4.69, 9.17) is 0 Å². The molecule has 0 aliphatic carbocycles. The van der Waals surface area contributed by atoms with Crippen molar-refractivity contribution in [3.05, 3.63) is 48.0 Å². The molecular weight excluding hydrogens is 246 g/mol. The number of benzene rings is 2. The summed E-state index contributed by atoms with van der Waals surface area (Å²) >= 11 is 0. The summed E-state index contributed by atoms with van der Waals surface area (Å²) in [4.78, 5) is 11.2. The van der Waals surface area contributed by atoms with Gasteiger partial charge in [0.1, 0.15) is 0 Å². The molecule has 0 radical (unpaired) electrons. The van der Waals surface area contributed by atoms with Gasteiger partial charge in [-0.3, -0.25) is 4.79 Å². The third kappa shape index (κ3) is 3.01. The lowest BCUT2D eigenvalue weighted by Gasteiger charge is -2.16. The Morgan fingerprint density at radius 1 is 1.20 bits per heavy atom. The van der Waals surface area contributed by atoms with Gasteiger partial charge in [-0.25, -0.2) is 0 Å². The lowest BCUT2D eigenvalue weighted by atomic mass is 9.93. The Bertz CT molecular complexity index is 620. The van der Waals surface area contributed by atoms with E-state index in [1.807, 2.05) is 0 Å². The van der Waals surface area contributed by atoms with Crippen LogP contribution in [0.2, 0.25) is 0 Å². The fraction of sp³-hybridized carbons (Fsp3) is 0.389. The van der Waals surface area contributed by atoms with E-state index in [2.05, 4.69) is 54.7 Å². The summed E-state index contributed by atoms with van der Waals surface area (Å²) in [7, 11) is 0. The molecule has 2 unspecified atom stereocenters. The van der Waals surface area contributed by atoms with Crippen LogP contribution in [-0.2, 0) is 11.2 Å². The van der Waals surface area contributed by atoms with Crippen molar-refractivity contribution in [3.8, 4) is 0 Å². The predicted molar refractivity (Wildman–Crippen MR) is 82.6 cm³/mol. The van der Waals surface area contributed by atoms with Gasteiger partial charge in [0.15, 0.2) is 0 Å². The second kappa shape index (κ2) is 5.66. The Kier molecular flexibility index (Phi) is 3.72. The van der Waals surface area contributed by atoms with Gasteiger partial charge in [-0.2, -0.15) is 0 Å². The van der Waals surface area contributed by atoms with Crippen molar-refractivity contribution in [2.24, 2.45) is 5.92 Å². The Morgan fingerprint density at radius 2 is 2.00 bits per heavy atom. The van der Waals surface area contributed by atoms with Crippen molar-refractivity contribution in [1.82, 2.24) is 5.32 Å². The van der Waals surface area contributed by atoms with E-state index >= 15 is 0 Å². The number of rotatable bonds is 4. The SMILES string of the molecule is CC(Cc1ccc2ccccc2c1)CC1CCC(=O)N1. The first-order valence-corrected chi connectivity index (χ1v) is 7.48. The Balaban J connectivity index is 1.64. The molecule has 20 heavy (non-hydrogen) atoms. The monoisotopic (exact) mass is 267 g/mol. The van der Waals surface area contributed by atoms with Gasteiger partial charge >= 0.3 is 0 Å². The number of hydrogen-bond acceptors (Lipinski definition) is 1. The molecule has 3 rings (SSSR count). The molecule has 1 N–H and O–H groups in total. The molecule has 0 spiro atoms. The predicted octanol–water partition coefficient (Wildman–Crippen LogP) is 3.69. The summed E-state index contributed by atoms with van der Waals surface area (Å²) in [6, 6.07) is 15.6. The first-order chi connectivity index (χ1) is 9.70. The summed E-state index contributed by atoms with van der Waals surface area (Å²) in [5, 5.41) is 5.67. The first kappa shape index (κ1) is 13.2. The number of amides is 1. The van der Waals surface area contributed by atoms with Crippen molar-refractivity contribution in [2.45, 2.75) is 38.6 Å². The normalized spacial score (nSPS) is 20.1. The van der Waals surface area contributed by atoms with E-state index in [0.717, 1.165) is 19.3 Å². The van der Waals surface area contributed by atoms with Crippen LogP contribution in [0.5, 0.6) is 0 Å². The van der Waals surface area contributed by atoms with E-state index in [9.17, 15) is 4.79 Å². The van der Waals surface area contributed by atoms with Gasteiger partial charge in [0.05, 0.1) is 0 Å². The van der Waals surface area contributed by atoms with Crippen molar-refractivity contribution < 1.29 is 4.79 Å². The molecule has 2 atom stereocenters. The van der Waals surface area contributed by atoms with Gasteiger partial charge in [-0.15, -0.1) is 0 Å². The summed E-state index contributed by atoms with van der Waals surface area (Å²) in [6.07, 6.45) is 3.87. The smallest absolute Gasteiger partial charge is 0.220 e. The minimum Gasteiger partial charge on any atom is -0.353 e. The van der Waals surface area contributed by atoms with Gasteiger partial charge in [-0.05, 0) is 41.5 Å². The van der Waals surface area contributed by atoms with E-state index < -0.39 is 0 Å². The Morgan fingerprint density at radius 3 is 2.75 bits per heavy atom. The van der Waals surface area contributed by atoms with Crippen LogP contribution in [-0.4, -0.2) is 11.9 Å². The average Bonchev–Trinajstić information content (AvgIpc) is 2.83. The maximum absolute atomic E-state index is 11.2. The number of carbonyl (C=O) groups excluding carboxylic acids is 1. The Hall–Kier alpha value is -1.83. The second-order valence-electron chi connectivity index (χ2n) is 6.03. The maximum atomic E-state index is 11.2. The molecule has 0 bridgehead atoms. The van der Waals surface area contributed by atoms with Crippen molar-refractivity contribution in [2.75, 3.05) is 0 Å². The molecule has 2 aromatic rings. The molecule has 0 saturated carbocycles. The van der Waals surface area contributed by atoms with E-state index in [0.29, 0.717) is 18.4 Å². The fourth-order valence-electron chi connectivity index (χ4n) is 3.19. The van der Waals surface area contributed by atoms with E-state index in [-0.39, 0.29) is 5.91 Å². The van der Waals surface area contributed by atoms with Crippen molar-refractivity contribution >= 4 is 16.7 Å². The van der Waals surface area contributed by atoms with E-state index in [1.54, 1.807) is 0 Å². The van der Waals surface area contributed by atoms with Crippen LogP contribution in [0.3, 0.4) is 0 Å². The van der Waals surface area contributed by atoms with Crippen LogP contribution < -0.4 is 5.32 Å². The molecule has 1 fully saturated rings. The van der Waals surface area contributed by atoms with Gasteiger partial charge in [0.2, 0.25) is 5.91 Å². The number of hydrogen-bond donors (Lipinski definition) is 1. The average molecular weight is 267 g/mol. The molecule has 0 aromatic heterocycles. The highest BCUT2D eigenvalue weighted by Gasteiger charge is 2.22. The first-order valence-electron chi connectivity index (χ1n) is 7.48. The summed E-state index contributed by atoms with van der Waals surface area (Å²) < 4.78 is 0. The third-order valence-corrected chi connectivity index (χ3v) is 4.17. The van der Waals surface area contributed by atoms with Gasteiger partial charge < -0.3 is 5.32 Å². The third-order valence-electron chi connectivity index (χ3n) is 4.17. The zero-order valence-electron chi connectivity index (χ0n) is 11.9. The highest BCUT2D eigenvalue weighted by Crippen LogP contribution is 2.21. The van der Waals surface area contributed by atoms with Gasteiger partial charge in [0.25, 0.3) is 0 Å². The minimum absolute atomic E-state index is 0.216. The zero-order chi connectivity index (χ0) is 13.9. The number of fused-ring (bicyclic) bond motifs is 1. The molecule has 1 aliphatic rings. The van der Waals surface area contributed by atoms with Crippen LogP contribution in [0.4, 0.5) is 0 Å². The van der Waals surface area contributed by atoms with Gasteiger partial charge in [0, 0.05) is 12.5 Å². The fourth-order valence-corrected chi connectivity index (χ4v) is 3.19.